The van der Waals surface area contributed by atoms with Gasteiger partial charge in [-0.15, -0.1) is 0 Å². The Morgan fingerprint density at radius 1 is 1.39 bits per heavy atom. The van der Waals surface area contributed by atoms with Gasteiger partial charge in [-0.3, -0.25) is 4.90 Å². The summed E-state index contributed by atoms with van der Waals surface area (Å²) in [7, 11) is 0. The highest BCUT2D eigenvalue weighted by atomic mass is 32.2. The Morgan fingerprint density at radius 2 is 1.94 bits per heavy atom. The number of rotatable bonds is 6. The maximum absolute atomic E-state index is 11.9. The largest absolute Gasteiger partial charge is 0.480 e. The number of nitrogens with zero attached hydrogens (tertiary/aromatic N) is 1. The Labute approximate surface area is 113 Å². The first-order valence-electron chi connectivity index (χ1n) is 5.94. The van der Waals surface area contributed by atoms with Crippen LogP contribution in [-0.2, 0) is 9.53 Å². The van der Waals surface area contributed by atoms with Crippen LogP contribution in [0.1, 0.15) is 34.1 Å². The highest BCUT2D eigenvalue weighted by Gasteiger charge is 2.31. The predicted molar refractivity (Wildman–Crippen MR) is 73.0 cm³/mol. The van der Waals surface area contributed by atoms with Crippen molar-refractivity contribution in [2.75, 3.05) is 18.6 Å². The number of carboxylic acid groups (broad SMARTS) is 1. The smallest absolute Gasteiger partial charge is 0.411 e. The number of carbonyl (C=O) groups is 2. The van der Waals surface area contributed by atoms with Gasteiger partial charge in [-0.25, -0.2) is 9.59 Å². The Balaban J connectivity index is 4.78. The van der Waals surface area contributed by atoms with E-state index in [9.17, 15) is 14.7 Å². The van der Waals surface area contributed by atoms with Gasteiger partial charge in [0.2, 0.25) is 0 Å². The average Bonchev–Trinajstić information content (AvgIpc) is 2.20. The second-order valence-corrected chi connectivity index (χ2v) is 5.89. The normalized spacial score (nSPS) is 12.9. The molecular weight excluding hydrogens is 254 g/mol. The Kier molecular flexibility index (Phi) is 7.13. The summed E-state index contributed by atoms with van der Waals surface area (Å²) in [4.78, 5) is 24.4. The van der Waals surface area contributed by atoms with E-state index in [2.05, 4.69) is 0 Å². The summed E-state index contributed by atoms with van der Waals surface area (Å²) in [5, 5.41) is 9.19. The van der Waals surface area contributed by atoms with Gasteiger partial charge in [-0.2, -0.15) is 11.8 Å². The predicted octanol–water partition coefficient (Wildman–Crippen LogP) is 2.45. The fourth-order valence-electron chi connectivity index (χ4n) is 1.44. The number of hydrogen-bond acceptors (Lipinski definition) is 4. The van der Waals surface area contributed by atoms with Crippen LogP contribution in [-0.4, -0.2) is 52.3 Å². The molecule has 1 unspecified atom stereocenters. The van der Waals surface area contributed by atoms with Crippen LogP contribution in [0.4, 0.5) is 4.79 Å². The van der Waals surface area contributed by atoms with Crippen LogP contribution in [0.2, 0.25) is 0 Å². The molecule has 0 aliphatic carbocycles. The lowest BCUT2D eigenvalue weighted by atomic mass is 10.2. The van der Waals surface area contributed by atoms with Gasteiger partial charge in [-0.05, 0) is 46.1 Å². The molecule has 1 atom stereocenters. The lowest BCUT2D eigenvalue weighted by Crippen LogP contribution is -2.47. The van der Waals surface area contributed by atoms with Gasteiger partial charge in [0.15, 0.2) is 0 Å². The number of hydrogen-bond donors (Lipinski definition) is 1. The molecule has 1 amide bonds. The van der Waals surface area contributed by atoms with Crippen molar-refractivity contribution in [1.82, 2.24) is 4.90 Å². The second kappa shape index (κ2) is 7.51. The molecule has 0 aromatic rings. The molecule has 0 spiro atoms. The monoisotopic (exact) mass is 277 g/mol. The minimum atomic E-state index is -0.989. The third-order valence-electron chi connectivity index (χ3n) is 2.23. The van der Waals surface area contributed by atoms with Gasteiger partial charge < -0.3 is 9.84 Å². The van der Waals surface area contributed by atoms with E-state index in [0.29, 0.717) is 18.7 Å². The molecule has 0 aromatic heterocycles. The second-order valence-electron chi connectivity index (χ2n) is 4.90. The van der Waals surface area contributed by atoms with Crippen molar-refractivity contribution in [1.29, 1.82) is 0 Å². The quantitative estimate of drug-likeness (QED) is 0.807. The molecule has 0 saturated carbocycles. The first-order valence-corrected chi connectivity index (χ1v) is 7.33. The highest BCUT2D eigenvalue weighted by Crippen LogP contribution is 2.15. The molecule has 5 nitrogen and oxygen atoms in total. The van der Waals surface area contributed by atoms with Gasteiger partial charge >= 0.3 is 12.1 Å². The van der Waals surface area contributed by atoms with Crippen LogP contribution in [0.5, 0.6) is 0 Å². The van der Waals surface area contributed by atoms with E-state index in [-0.39, 0.29) is 0 Å². The number of carbonyl (C=O) groups excluding carboxylic acids is 1. The minimum absolute atomic E-state index is 0.320. The van der Waals surface area contributed by atoms with E-state index in [1.807, 2.05) is 6.26 Å². The van der Waals surface area contributed by atoms with E-state index < -0.39 is 23.7 Å². The third kappa shape index (κ3) is 6.14. The summed E-state index contributed by atoms with van der Waals surface area (Å²) in [6.45, 7) is 7.35. The molecule has 1 N–H and O–H groups in total. The van der Waals surface area contributed by atoms with Crippen molar-refractivity contribution < 1.29 is 19.4 Å². The van der Waals surface area contributed by atoms with Crippen molar-refractivity contribution in [2.45, 2.75) is 45.8 Å². The molecule has 0 aliphatic rings. The summed E-state index contributed by atoms with van der Waals surface area (Å²) in [6, 6.07) is -0.822. The van der Waals surface area contributed by atoms with Crippen molar-refractivity contribution in [3.63, 3.8) is 0 Å². The van der Waals surface area contributed by atoms with Gasteiger partial charge in [0.25, 0.3) is 0 Å². The van der Waals surface area contributed by atoms with Gasteiger partial charge in [0.1, 0.15) is 11.6 Å². The summed E-state index contributed by atoms with van der Waals surface area (Å²) in [6.07, 6.45) is 1.75. The molecule has 0 aliphatic heterocycles. The molecule has 0 aromatic carbocycles. The van der Waals surface area contributed by atoms with Crippen LogP contribution in [0.3, 0.4) is 0 Å². The fraction of sp³-hybridized carbons (Fsp3) is 0.833. The Bertz CT molecular complexity index is 288. The molecular formula is C12H23NO4S. The molecule has 0 heterocycles. The lowest BCUT2D eigenvalue weighted by Gasteiger charge is -2.30. The standard InChI is InChI=1S/C12H23NO4S/c1-6-13(11(16)17-12(2,3)4)9(10(14)15)7-8-18-5/h9H,6-8H2,1-5H3,(H,14,15). The Hall–Kier alpha value is -0.910. The molecule has 6 heteroatoms. The highest BCUT2D eigenvalue weighted by molar-refractivity contribution is 7.98. The van der Waals surface area contributed by atoms with Gasteiger partial charge in [0.05, 0.1) is 0 Å². The topological polar surface area (TPSA) is 66.8 Å². The van der Waals surface area contributed by atoms with Gasteiger partial charge in [0, 0.05) is 6.54 Å². The number of carboxylic acids is 1. The zero-order chi connectivity index (χ0) is 14.3. The van der Waals surface area contributed by atoms with E-state index in [4.69, 9.17) is 4.74 Å². The van der Waals surface area contributed by atoms with Gasteiger partial charge in [-0.1, -0.05) is 0 Å². The molecule has 0 saturated heterocycles. The van der Waals surface area contributed by atoms with Crippen molar-refractivity contribution in [3.8, 4) is 0 Å². The average molecular weight is 277 g/mol. The third-order valence-corrected chi connectivity index (χ3v) is 2.87. The van der Waals surface area contributed by atoms with Crippen LogP contribution in [0.25, 0.3) is 0 Å². The number of thioether (sulfide) groups is 1. The van der Waals surface area contributed by atoms with Crippen molar-refractivity contribution >= 4 is 23.8 Å². The van der Waals surface area contributed by atoms with Crippen molar-refractivity contribution in [3.05, 3.63) is 0 Å². The zero-order valence-corrected chi connectivity index (χ0v) is 12.5. The van der Waals surface area contributed by atoms with Crippen molar-refractivity contribution in [2.24, 2.45) is 0 Å². The van der Waals surface area contributed by atoms with Crippen LogP contribution in [0, 0.1) is 0 Å². The summed E-state index contributed by atoms with van der Waals surface area (Å²) >= 11 is 1.56. The molecule has 0 radical (unpaired) electrons. The first-order chi connectivity index (χ1) is 8.22. The fourth-order valence-corrected chi connectivity index (χ4v) is 1.90. The van der Waals surface area contributed by atoms with E-state index >= 15 is 0 Å². The summed E-state index contributed by atoms with van der Waals surface area (Å²) < 4.78 is 5.22. The number of aliphatic carboxylic acids is 1. The molecule has 0 bridgehead atoms. The number of likely N-dealkylation sites (N-methyl/N-ethyl adjacent to an activating group) is 1. The molecule has 0 fully saturated rings. The van der Waals surface area contributed by atoms with Crippen LogP contribution in [0.15, 0.2) is 0 Å². The Morgan fingerprint density at radius 3 is 2.28 bits per heavy atom. The zero-order valence-electron chi connectivity index (χ0n) is 11.7. The number of ether oxygens (including phenoxy) is 1. The first kappa shape index (κ1) is 17.1. The molecule has 0 rings (SSSR count). The van der Waals surface area contributed by atoms with E-state index in [1.54, 1.807) is 39.5 Å². The summed E-state index contributed by atoms with van der Waals surface area (Å²) in [5.41, 5.74) is -0.618. The summed E-state index contributed by atoms with van der Waals surface area (Å²) in [5.74, 6) is -0.298. The molecule has 18 heavy (non-hydrogen) atoms. The van der Waals surface area contributed by atoms with Crippen LogP contribution >= 0.6 is 11.8 Å². The van der Waals surface area contributed by atoms with Crippen LogP contribution < -0.4 is 0 Å². The maximum Gasteiger partial charge on any atom is 0.411 e. The van der Waals surface area contributed by atoms with E-state index in [1.165, 1.54) is 4.90 Å². The van der Waals surface area contributed by atoms with E-state index in [0.717, 1.165) is 0 Å². The SMILES string of the molecule is CCN(C(=O)OC(C)(C)C)C(CCSC)C(=O)O. The minimum Gasteiger partial charge on any atom is -0.480 e. The maximum atomic E-state index is 11.9. The molecule has 106 valence electrons. The lowest BCUT2D eigenvalue weighted by molar-refractivity contribution is -0.143. The number of amides is 1.